The van der Waals surface area contributed by atoms with Gasteiger partial charge in [-0.15, -0.1) is 11.3 Å². The van der Waals surface area contributed by atoms with Crippen molar-refractivity contribution in [1.82, 2.24) is 20.3 Å². The highest BCUT2D eigenvalue weighted by Crippen LogP contribution is 2.21. The minimum atomic E-state index is -0.898. The van der Waals surface area contributed by atoms with Gasteiger partial charge in [-0.05, 0) is 12.5 Å². The Balaban J connectivity index is 1.99. The predicted octanol–water partition coefficient (Wildman–Crippen LogP) is 1.83. The molecule has 22 heavy (non-hydrogen) atoms. The second-order valence-corrected chi connectivity index (χ2v) is 5.67. The van der Waals surface area contributed by atoms with E-state index in [0.717, 1.165) is 6.42 Å². The number of carbonyl (C=O) groups is 2. The standard InChI is InChI=1S/C14H16N4O3S/c1-2-4-9(14(20)21)7-17-12(19)10-8-18-13(22-10)11-15-5-3-6-16-11/h3,5-6,8-9H,2,4,7H2,1H3,(H,17,19)(H,20,21). The van der Waals surface area contributed by atoms with Gasteiger partial charge in [0.25, 0.3) is 5.91 Å². The molecular weight excluding hydrogens is 304 g/mol. The number of hydrogen-bond donors (Lipinski definition) is 2. The van der Waals surface area contributed by atoms with E-state index in [1.54, 1.807) is 18.5 Å². The first-order valence-electron chi connectivity index (χ1n) is 6.86. The lowest BCUT2D eigenvalue weighted by molar-refractivity contribution is -0.141. The molecule has 0 radical (unpaired) electrons. The number of carboxylic acids is 1. The summed E-state index contributed by atoms with van der Waals surface area (Å²) in [5.74, 6) is -1.34. The molecule has 2 N–H and O–H groups in total. The van der Waals surface area contributed by atoms with Crippen LogP contribution in [-0.4, -0.2) is 38.5 Å². The average molecular weight is 320 g/mol. The van der Waals surface area contributed by atoms with Crippen molar-refractivity contribution in [1.29, 1.82) is 0 Å². The fourth-order valence-electron chi connectivity index (χ4n) is 1.86. The summed E-state index contributed by atoms with van der Waals surface area (Å²) in [4.78, 5) is 35.8. The first-order chi connectivity index (χ1) is 10.6. The molecule has 0 aliphatic rings. The van der Waals surface area contributed by atoms with Crippen LogP contribution >= 0.6 is 11.3 Å². The van der Waals surface area contributed by atoms with Gasteiger partial charge in [-0.2, -0.15) is 0 Å². The van der Waals surface area contributed by atoms with E-state index >= 15 is 0 Å². The van der Waals surface area contributed by atoms with E-state index < -0.39 is 11.9 Å². The van der Waals surface area contributed by atoms with Crippen molar-refractivity contribution in [3.05, 3.63) is 29.5 Å². The molecule has 2 aromatic heterocycles. The number of carboxylic acid groups (broad SMARTS) is 1. The highest BCUT2D eigenvalue weighted by Gasteiger charge is 2.19. The third-order valence-corrected chi connectivity index (χ3v) is 3.97. The molecule has 2 aromatic rings. The van der Waals surface area contributed by atoms with E-state index in [1.807, 2.05) is 6.92 Å². The summed E-state index contributed by atoms with van der Waals surface area (Å²) in [6.45, 7) is 2.02. The fourth-order valence-corrected chi connectivity index (χ4v) is 2.64. The average Bonchev–Trinajstić information content (AvgIpc) is 3.01. The van der Waals surface area contributed by atoms with E-state index in [4.69, 9.17) is 5.11 Å². The van der Waals surface area contributed by atoms with Crippen LogP contribution in [0.2, 0.25) is 0 Å². The van der Waals surface area contributed by atoms with Gasteiger partial charge in [0.1, 0.15) is 4.88 Å². The highest BCUT2D eigenvalue weighted by molar-refractivity contribution is 7.16. The minimum absolute atomic E-state index is 0.108. The number of aromatic nitrogens is 3. The van der Waals surface area contributed by atoms with E-state index in [0.29, 0.717) is 22.1 Å². The maximum absolute atomic E-state index is 12.0. The molecule has 1 unspecified atom stereocenters. The van der Waals surface area contributed by atoms with Gasteiger partial charge in [0, 0.05) is 18.9 Å². The lowest BCUT2D eigenvalue weighted by Crippen LogP contribution is -2.32. The third-order valence-electron chi connectivity index (χ3n) is 2.98. The largest absolute Gasteiger partial charge is 0.481 e. The Hall–Kier alpha value is -2.35. The van der Waals surface area contributed by atoms with Gasteiger partial charge in [-0.3, -0.25) is 9.59 Å². The van der Waals surface area contributed by atoms with E-state index in [2.05, 4.69) is 20.3 Å². The normalized spacial score (nSPS) is 11.9. The van der Waals surface area contributed by atoms with Crippen LogP contribution in [0.15, 0.2) is 24.7 Å². The first-order valence-corrected chi connectivity index (χ1v) is 7.67. The Morgan fingerprint density at radius 3 is 2.68 bits per heavy atom. The van der Waals surface area contributed by atoms with Crippen LogP contribution in [0.5, 0.6) is 0 Å². The van der Waals surface area contributed by atoms with Crippen LogP contribution in [0.25, 0.3) is 10.8 Å². The number of thiazole rings is 1. The maximum atomic E-state index is 12.0. The molecule has 116 valence electrons. The smallest absolute Gasteiger partial charge is 0.308 e. The molecule has 8 heteroatoms. The monoisotopic (exact) mass is 320 g/mol. The molecule has 0 saturated heterocycles. The van der Waals surface area contributed by atoms with E-state index in [1.165, 1.54) is 17.5 Å². The lowest BCUT2D eigenvalue weighted by Gasteiger charge is -2.11. The summed E-state index contributed by atoms with van der Waals surface area (Å²) < 4.78 is 0. The van der Waals surface area contributed by atoms with Crippen molar-refractivity contribution in [2.45, 2.75) is 19.8 Å². The third kappa shape index (κ3) is 4.08. The molecule has 0 bridgehead atoms. The second kappa shape index (κ2) is 7.60. The van der Waals surface area contributed by atoms with Crippen molar-refractivity contribution >= 4 is 23.2 Å². The summed E-state index contributed by atoms with van der Waals surface area (Å²) in [7, 11) is 0. The van der Waals surface area contributed by atoms with Gasteiger partial charge in [-0.25, -0.2) is 15.0 Å². The van der Waals surface area contributed by atoms with Gasteiger partial charge in [0.15, 0.2) is 10.8 Å². The van der Waals surface area contributed by atoms with Crippen LogP contribution in [0, 0.1) is 5.92 Å². The lowest BCUT2D eigenvalue weighted by atomic mass is 10.0. The summed E-state index contributed by atoms with van der Waals surface area (Å²) in [6.07, 6.45) is 5.93. The number of rotatable bonds is 7. The molecule has 2 rings (SSSR count). The van der Waals surface area contributed by atoms with Crippen LogP contribution in [0.4, 0.5) is 0 Å². The Morgan fingerprint density at radius 1 is 1.32 bits per heavy atom. The molecule has 2 heterocycles. The van der Waals surface area contributed by atoms with Gasteiger partial charge in [0.2, 0.25) is 0 Å². The van der Waals surface area contributed by atoms with Crippen molar-refractivity contribution in [3.63, 3.8) is 0 Å². The molecule has 0 fully saturated rings. The van der Waals surface area contributed by atoms with Crippen LogP contribution in [-0.2, 0) is 4.79 Å². The number of amides is 1. The Morgan fingerprint density at radius 2 is 2.05 bits per heavy atom. The Bertz CT molecular complexity index is 645. The van der Waals surface area contributed by atoms with Crippen LogP contribution in [0.3, 0.4) is 0 Å². The zero-order valence-corrected chi connectivity index (χ0v) is 12.8. The zero-order chi connectivity index (χ0) is 15.9. The van der Waals surface area contributed by atoms with Gasteiger partial charge in [-0.1, -0.05) is 13.3 Å². The first kappa shape index (κ1) is 16.0. The predicted molar refractivity (Wildman–Crippen MR) is 81.5 cm³/mol. The van der Waals surface area contributed by atoms with E-state index in [9.17, 15) is 9.59 Å². The molecule has 0 aromatic carbocycles. The Kier molecular flexibility index (Phi) is 5.54. The maximum Gasteiger partial charge on any atom is 0.308 e. The number of hydrogen-bond acceptors (Lipinski definition) is 6. The Labute approximate surface area is 131 Å². The molecular formula is C14H16N4O3S. The number of carbonyl (C=O) groups excluding carboxylic acids is 1. The van der Waals surface area contributed by atoms with Crippen molar-refractivity contribution in [3.8, 4) is 10.8 Å². The van der Waals surface area contributed by atoms with Crippen molar-refractivity contribution in [2.24, 2.45) is 5.92 Å². The zero-order valence-electron chi connectivity index (χ0n) is 12.0. The van der Waals surface area contributed by atoms with Crippen LogP contribution in [0.1, 0.15) is 29.4 Å². The van der Waals surface area contributed by atoms with Crippen molar-refractivity contribution < 1.29 is 14.7 Å². The summed E-state index contributed by atoms with van der Waals surface area (Å²) in [5.41, 5.74) is 0. The summed E-state index contributed by atoms with van der Waals surface area (Å²) >= 11 is 1.17. The number of nitrogens with one attached hydrogen (secondary N) is 1. The number of aliphatic carboxylic acids is 1. The molecule has 0 aliphatic carbocycles. The van der Waals surface area contributed by atoms with Gasteiger partial charge in [0.05, 0.1) is 12.1 Å². The fraction of sp³-hybridized carbons (Fsp3) is 0.357. The summed E-state index contributed by atoms with van der Waals surface area (Å²) in [5, 5.41) is 12.3. The molecule has 0 aliphatic heterocycles. The molecule has 1 amide bonds. The number of nitrogens with zero attached hydrogens (tertiary/aromatic N) is 3. The molecule has 1 atom stereocenters. The molecule has 0 saturated carbocycles. The second-order valence-electron chi connectivity index (χ2n) is 4.64. The topological polar surface area (TPSA) is 105 Å². The highest BCUT2D eigenvalue weighted by atomic mass is 32.1. The van der Waals surface area contributed by atoms with Crippen molar-refractivity contribution in [2.75, 3.05) is 6.54 Å². The molecule has 7 nitrogen and oxygen atoms in total. The van der Waals surface area contributed by atoms with Crippen LogP contribution < -0.4 is 5.32 Å². The van der Waals surface area contributed by atoms with Gasteiger partial charge >= 0.3 is 5.97 Å². The van der Waals surface area contributed by atoms with E-state index in [-0.39, 0.29) is 12.5 Å². The summed E-state index contributed by atoms with van der Waals surface area (Å²) in [6, 6.07) is 1.70. The SMILES string of the molecule is CCCC(CNC(=O)c1cnc(-c2ncccn2)s1)C(=O)O. The molecule has 0 spiro atoms. The quantitative estimate of drug-likeness (QED) is 0.806. The van der Waals surface area contributed by atoms with Gasteiger partial charge < -0.3 is 10.4 Å². The minimum Gasteiger partial charge on any atom is -0.481 e.